The van der Waals surface area contributed by atoms with Gasteiger partial charge in [0, 0.05) is 19.0 Å². The van der Waals surface area contributed by atoms with Crippen molar-refractivity contribution in [3.63, 3.8) is 0 Å². The Hall–Kier alpha value is -1.95. The highest BCUT2D eigenvalue weighted by Gasteiger charge is 2.13. The minimum Gasteiger partial charge on any atom is -0.497 e. The molecule has 0 saturated heterocycles. The fourth-order valence-corrected chi connectivity index (χ4v) is 1.90. The van der Waals surface area contributed by atoms with Gasteiger partial charge in [0.15, 0.2) is 0 Å². The molecule has 0 saturated carbocycles. The van der Waals surface area contributed by atoms with E-state index >= 15 is 0 Å². The van der Waals surface area contributed by atoms with E-state index in [2.05, 4.69) is 10.6 Å². The SMILES string of the molecule is CCC(CNC(=O)Nc1cc(OC)ccc1Cl)CC(=O)O. The molecule has 0 fully saturated rings. The Labute approximate surface area is 128 Å². The number of anilines is 1. The number of halogens is 1. The molecule has 21 heavy (non-hydrogen) atoms. The van der Waals surface area contributed by atoms with Crippen LogP contribution in [0.15, 0.2) is 18.2 Å². The van der Waals surface area contributed by atoms with Gasteiger partial charge < -0.3 is 20.5 Å². The maximum Gasteiger partial charge on any atom is 0.319 e. The third-order valence-electron chi connectivity index (χ3n) is 3.01. The number of rotatable bonds is 7. The number of methoxy groups -OCH3 is 1. The average molecular weight is 315 g/mol. The predicted molar refractivity (Wildman–Crippen MR) is 81.1 cm³/mol. The standard InChI is InChI=1S/C14H19ClN2O4/c1-3-9(6-13(18)19)8-16-14(20)17-12-7-10(21-2)4-5-11(12)15/h4-5,7,9H,3,6,8H2,1-2H3,(H,18,19)(H2,16,17,20). The number of ether oxygens (including phenoxy) is 1. The second kappa shape index (κ2) is 8.36. The van der Waals surface area contributed by atoms with E-state index in [4.69, 9.17) is 21.4 Å². The molecule has 0 aliphatic rings. The van der Waals surface area contributed by atoms with Crippen molar-refractivity contribution in [2.24, 2.45) is 5.92 Å². The van der Waals surface area contributed by atoms with Crippen LogP contribution in [0.2, 0.25) is 5.02 Å². The van der Waals surface area contributed by atoms with E-state index in [9.17, 15) is 9.59 Å². The zero-order valence-corrected chi connectivity index (χ0v) is 12.7. The average Bonchev–Trinajstić information content (AvgIpc) is 2.45. The van der Waals surface area contributed by atoms with Crippen molar-refractivity contribution >= 4 is 29.3 Å². The molecule has 0 spiro atoms. The third-order valence-corrected chi connectivity index (χ3v) is 3.34. The summed E-state index contributed by atoms with van der Waals surface area (Å²) < 4.78 is 5.06. The first-order valence-electron chi connectivity index (χ1n) is 6.56. The lowest BCUT2D eigenvalue weighted by molar-refractivity contribution is -0.138. The summed E-state index contributed by atoms with van der Waals surface area (Å²) in [5, 5.41) is 14.4. The van der Waals surface area contributed by atoms with Gasteiger partial charge in [-0.1, -0.05) is 24.9 Å². The first-order chi connectivity index (χ1) is 9.96. The van der Waals surface area contributed by atoms with Crippen LogP contribution in [0, 0.1) is 5.92 Å². The molecule has 2 amide bonds. The van der Waals surface area contributed by atoms with Gasteiger partial charge in [-0.25, -0.2) is 4.79 Å². The van der Waals surface area contributed by atoms with Crippen LogP contribution in [-0.4, -0.2) is 30.8 Å². The third kappa shape index (κ3) is 5.91. The molecule has 1 unspecified atom stereocenters. The Morgan fingerprint density at radius 1 is 1.43 bits per heavy atom. The molecule has 1 rings (SSSR count). The van der Waals surface area contributed by atoms with Crippen molar-refractivity contribution in [2.45, 2.75) is 19.8 Å². The largest absolute Gasteiger partial charge is 0.497 e. The molecule has 0 aliphatic carbocycles. The monoisotopic (exact) mass is 314 g/mol. The van der Waals surface area contributed by atoms with Crippen molar-refractivity contribution in [2.75, 3.05) is 19.0 Å². The van der Waals surface area contributed by atoms with E-state index in [0.717, 1.165) is 0 Å². The van der Waals surface area contributed by atoms with Gasteiger partial charge in [0.1, 0.15) is 5.75 Å². The molecule has 0 aliphatic heterocycles. The molecule has 1 atom stereocenters. The Morgan fingerprint density at radius 3 is 2.71 bits per heavy atom. The van der Waals surface area contributed by atoms with Crippen molar-refractivity contribution in [3.8, 4) is 5.75 Å². The number of aliphatic carboxylic acids is 1. The van der Waals surface area contributed by atoms with E-state index in [1.54, 1.807) is 18.2 Å². The van der Waals surface area contributed by atoms with Crippen LogP contribution < -0.4 is 15.4 Å². The van der Waals surface area contributed by atoms with Gasteiger partial charge >= 0.3 is 12.0 Å². The van der Waals surface area contributed by atoms with Crippen LogP contribution in [0.25, 0.3) is 0 Å². The van der Waals surface area contributed by atoms with Crippen LogP contribution in [0.5, 0.6) is 5.75 Å². The number of hydrogen-bond donors (Lipinski definition) is 3. The van der Waals surface area contributed by atoms with Crippen LogP contribution in [-0.2, 0) is 4.79 Å². The molecule has 1 aromatic rings. The number of hydrogen-bond acceptors (Lipinski definition) is 3. The summed E-state index contributed by atoms with van der Waals surface area (Å²) in [5.41, 5.74) is 0.430. The molecular formula is C14H19ClN2O4. The maximum atomic E-state index is 11.8. The molecule has 3 N–H and O–H groups in total. The number of carbonyl (C=O) groups is 2. The second-order valence-electron chi connectivity index (χ2n) is 4.55. The zero-order valence-electron chi connectivity index (χ0n) is 12.0. The predicted octanol–water partition coefficient (Wildman–Crippen LogP) is 2.97. The number of carboxylic acid groups (broad SMARTS) is 1. The first-order valence-corrected chi connectivity index (χ1v) is 6.94. The van der Waals surface area contributed by atoms with Gasteiger partial charge in [0.25, 0.3) is 0 Å². The van der Waals surface area contributed by atoms with Crippen LogP contribution in [0.3, 0.4) is 0 Å². The fraction of sp³-hybridized carbons (Fsp3) is 0.429. The molecule has 116 valence electrons. The normalized spacial score (nSPS) is 11.6. The Morgan fingerprint density at radius 2 is 2.14 bits per heavy atom. The van der Waals surface area contributed by atoms with Gasteiger partial charge in [-0.2, -0.15) is 0 Å². The lowest BCUT2D eigenvalue weighted by atomic mass is 10.0. The minimum absolute atomic E-state index is 0.0245. The highest BCUT2D eigenvalue weighted by Crippen LogP contribution is 2.26. The van der Waals surface area contributed by atoms with Crippen molar-refractivity contribution in [1.82, 2.24) is 5.32 Å². The van der Waals surface area contributed by atoms with Gasteiger partial charge in [0.05, 0.1) is 17.8 Å². The molecule has 0 aromatic heterocycles. The van der Waals surface area contributed by atoms with E-state index in [0.29, 0.717) is 22.9 Å². The molecule has 0 bridgehead atoms. The van der Waals surface area contributed by atoms with Gasteiger partial charge in [-0.05, 0) is 18.1 Å². The summed E-state index contributed by atoms with van der Waals surface area (Å²) in [6, 6.07) is 4.48. The van der Waals surface area contributed by atoms with E-state index in [-0.39, 0.29) is 18.9 Å². The summed E-state index contributed by atoms with van der Waals surface area (Å²) in [4.78, 5) is 22.5. The van der Waals surface area contributed by atoms with E-state index in [1.807, 2.05) is 6.92 Å². The van der Waals surface area contributed by atoms with E-state index < -0.39 is 12.0 Å². The number of carboxylic acids is 1. The number of benzene rings is 1. The van der Waals surface area contributed by atoms with Crippen LogP contribution >= 0.6 is 11.6 Å². The maximum absolute atomic E-state index is 11.8. The minimum atomic E-state index is -0.875. The van der Waals surface area contributed by atoms with E-state index in [1.165, 1.54) is 7.11 Å². The molecule has 0 heterocycles. The molecule has 0 radical (unpaired) electrons. The summed E-state index contributed by atoms with van der Waals surface area (Å²) in [7, 11) is 1.52. The Balaban J connectivity index is 2.55. The molecular weight excluding hydrogens is 296 g/mol. The summed E-state index contributed by atoms with van der Waals surface area (Å²) >= 11 is 5.98. The number of nitrogens with one attached hydrogen (secondary N) is 2. The summed E-state index contributed by atoms with van der Waals surface area (Å²) in [6.07, 6.45) is 0.698. The summed E-state index contributed by atoms with van der Waals surface area (Å²) in [5.74, 6) is -0.402. The lowest BCUT2D eigenvalue weighted by Gasteiger charge is -2.14. The first kappa shape index (κ1) is 17.1. The quantitative estimate of drug-likeness (QED) is 0.722. The van der Waals surface area contributed by atoms with Crippen molar-refractivity contribution < 1.29 is 19.4 Å². The van der Waals surface area contributed by atoms with Crippen LogP contribution in [0.4, 0.5) is 10.5 Å². The number of carbonyl (C=O) groups excluding carboxylic acids is 1. The fourth-order valence-electron chi connectivity index (χ4n) is 1.74. The smallest absolute Gasteiger partial charge is 0.319 e. The lowest BCUT2D eigenvalue weighted by Crippen LogP contribution is -2.33. The number of urea groups is 1. The molecule has 1 aromatic carbocycles. The van der Waals surface area contributed by atoms with Crippen molar-refractivity contribution in [1.29, 1.82) is 0 Å². The van der Waals surface area contributed by atoms with Gasteiger partial charge in [-0.3, -0.25) is 4.79 Å². The highest BCUT2D eigenvalue weighted by molar-refractivity contribution is 6.33. The topological polar surface area (TPSA) is 87.7 Å². The molecule has 7 heteroatoms. The van der Waals surface area contributed by atoms with Gasteiger partial charge in [0.2, 0.25) is 0 Å². The van der Waals surface area contributed by atoms with Crippen LogP contribution in [0.1, 0.15) is 19.8 Å². The second-order valence-corrected chi connectivity index (χ2v) is 4.96. The van der Waals surface area contributed by atoms with Crippen molar-refractivity contribution in [3.05, 3.63) is 23.2 Å². The highest BCUT2D eigenvalue weighted by atomic mass is 35.5. The van der Waals surface area contributed by atoms with Gasteiger partial charge in [-0.15, -0.1) is 0 Å². The summed E-state index contributed by atoms with van der Waals surface area (Å²) in [6.45, 7) is 2.17. The Bertz CT molecular complexity index is 508. The Kier molecular flexibility index (Phi) is 6.81. The zero-order chi connectivity index (χ0) is 15.8. The molecule has 6 nitrogen and oxygen atoms in total. The number of amides is 2.